The van der Waals surface area contributed by atoms with E-state index in [4.69, 9.17) is 20.8 Å². The van der Waals surface area contributed by atoms with Crippen molar-refractivity contribution in [2.45, 2.75) is 20.8 Å². The first-order valence-corrected chi connectivity index (χ1v) is 7.86. The van der Waals surface area contributed by atoms with Gasteiger partial charge in [-0.2, -0.15) is 0 Å². The highest BCUT2D eigenvalue weighted by Gasteiger charge is 2.28. The SMILES string of the molecule is CCOC(=O)c1c(NC(=O)Nc2ccc(Cl)cc2)oc(C)c1C(C)=O. The number of amides is 2. The highest BCUT2D eigenvalue weighted by molar-refractivity contribution is 6.30. The average Bonchev–Trinajstić information content (AvgIpc) is 2.86. The summed E-state index contributed by atoms with van der Waals surface area (Å²) >= 11 is 5.79. The third kappa shape index (κ3) is 4.39. The molecule has 0 aliphatic heterocycles. The van der Waals surface area contributed by atoms with Gasteiger partial charge in [0.05, 0.1) is 12.2 Å². The summed E-state index contributed by atoms with van der Waals surface area (Å²) in [7, 11) is 0. The molecule has 25 heavy (non-hydrogen) atoms. The Morgan fingerprint density at radius 1 is 1.12 bits per heavy atom. The number of ketones is 1. The van der Waals surface area contributed by atoms with Gasteiger partial charge in [0.25, 0.3) is 0 Å². The Kier molecular flexibility index (Phi) is 5.82. The third-order valence-corrected chi connectivity index (χ3v) is 3.50. The summed E-state index contributed by atoms with van der Waals surface area (Å²) in [5.74, 6) is -1.04. The number of hydrogen-bond acceptors (Lipinski definition) is 5. The molecule has 0 radical (unpaired) electrons. The summed E-state index contributed by atoms with van der Waals surface area (Å²) in [6, 6.07) is 5.82. The summed E-state index contributed by atoms with van der Waals surface area (Å²) in [4.78, 5) is 36.1. The molecule has 0 saturated heterocycles. The number of nitrogens with one attached hydrogen (secondary N) is 2. The molecule has 1 heterocycles. The van der Waals surface area contributed by atoms with Gasteiger partial charge in [-0.25, -0.2) is 9.59 Å². The molecule has 0 fully saturated rings. The van der Waals surface area contributed by atoms with E-state index < -0.39 is 12.0 Å². The van der Waals surface area contributed by atoms with Crippen molar-refractivity contribution in [3.05, 3.63) is 46.2 Å². The van der Waals surface area contributed by atoms with Gasteiger partial charge < -0.3 is 14.5 Å². The molecule has 0 bridgehead atoms. The van der Waals surface area contributed by atoms with Crippen LogP contribution in [0.5, 0.6) is 0 Å². The first kappa shape index (κ1) is 18.5. The van der Waals surface area contributed by atoms with Crippen LogP contribution in [0.15, 0.2) is 28.7 Å². The number of ether oxygens (including phenoxy) is 1. The Bertz CT molecular complexity index is 811. The van der Waals surface area contributed by atoms with Gasteiger partial charge in [0, 0.05) is 10.7 Å². The lowest BCUT2D eigenvalue weighted by atomic mass is 10.1. The lowest BCUT2D eigenvalue weighted by Gasteiger charge is -2.08. The zero-order valence-electron chi connectivity index (χ0n) is 13.9. The van der Waals surface area contributed by atoms with Crippen molar-refractivity contribution in [1.29, 1.82) is 0 Å². The van der Waals surface area contributed by atoms with Crippen molar-refractivity contribution in [3.63, 3.8) is 0 Å². The van der Waals surface area contributed by atoms with Gasteiger partial charge in [-0.05, 0) is 45.0 Å². The fraction of sp³-hybridized carbons (Fsp3) is 0.235. The van der Waals surface area contributed by atoms with Crippen LogP contribution < -0.4 is 10.6 Å². The third-order valence-electron chi connectivity index (χ3n) is 3.25. The number of rotatable bonds is 5. The molecule has 0 atom stereocenters. The molecule has 7 nitrogen and oxygen atoms in total. The summed E-state index contributed by atoms with van der Waals surface area (Å²) in [6.07, 6.45) is 0. The average molecular weight is 365 g/mol. The summed E-state index contributed by atoms with van der Waals surface area (Å²) < 4.78 is 10.3. The second kappa shape index (κ2) is 7.85. The van der Waals surface area contributed by atoms with Gasteiger partial charge in [0.2, 0.25) is 5.88 Å². The Labute approximate surface area is 149 Å². The van der Waals surface area contributed by atoms with Crippen LogP contribution in [0.25, 0.3) is 0 Å². The quantitative estimate of drug-likeness (QED) is 0.610. The van der Waals surface area contributed by atoms with Crippen LogP contribution >= 0.6 is 11.6 Å². The van der Waals surface area contributed by atoms with E-state index in [1.165, 1.54) is 13.8 Å². The maximum atomic E-state index is 12.2. The molecule has 0 aliphatic carbocycles. The molecule has 1 aromatic heterocycles. The van der Waals surface area contributed by atoms with Crippen LogP contribution in [0.3, 0.4) is 0 Å². The Balaban J connectivity index is 2.27. The highest BCUT2D eigenvalue weighted by atomic mass is 35.5. The molecule has 0 aliphatic rings. The number of benzene rings is 1. The fourth-order valence-electron chi connectivity index (χ4n) is 2.25. The first-order valence-electron chi connectivity index (χ1n) is 7.48. The van der Waals surface area contributed by atoms with Gasteiger partial charge in [-0.1, -0.05) is 11.6 Å². The van der Waals surface area contributed by atoms with E-state index in [1.807, 2.05) is 0 Å². The van der Waals surface area contributed by atoms with Gasteiger partial charge in [-0.15, -0.1) is 0 Å². The zero-order chi connectivity index (χ0) is 18.6. The van der Waals surface area contributed by atoms with E-state index in [1.54, 1.807) is 31.2 Å². The van der Waals surface area contributed by atoms with Crippen LogP contribution in [0.2, 0.25) is 5.02 Å². The molecule has 2 N–H and O–H groups in total. The molecule has 2 amide bonds. The number of carbonyl (C=O) groups is 3. The first-order chi connectivity index (χ1) is 11.8. The van der Waals surface area contributed by atoms with Crippen LogP contribution in [-0.2, 0) is 4.74 Å². The molecule has 2 aromatic rings. The van der Waals surface area contributed by atoms with E-state index >= 15 is 0 Å². The van der Waals surface area contributed by atoms with Crippen molar-refractivity contribution in [2.75, 3.05) is 17.2 Å². The molecular weight excluding hydrogens is 348 g/mol. The smallest absolute Gasteiger partial charge is 0.344 e. The molecule has 0 unspecified atom stereocenters. The number of urea groups is 1. The standard InChI is InChI=1S/C17H17ClN2O5/c1-4-24-16(22)14-13(9(2)21)10(3)25-15(14)20-17(23)19-12-7-5-11(18)6-8-12/h5-8H,4H2,1-3H3,(H2,19,20,23). The fourth-order valence-corrected chi connectivity index (χ4v) is 2.38. The van der Waals surface area contributed by atoms with Crippen molar-refractivity contribution in [3.8, 4) is 0 Å². The Morgan fingerprint density at radius 2 is 1.76 bits per heavy atom. The summed E-state index contributed by atoms with van der Waals surface area (Å²) in [5, 5.41) is 5.53. The van der Waals surface area contributed by atoms with Crippen LogP contribution in [0.1, 0.15) is 40.3 Å². The number of halogens is 1. The molecule has 0 spiro atoms. The van der Waals surface area contributed by atoms with Gasteiger partial charge in [0.1, 0.15) is 11.3 Å². The molecule has 1 aromatic carbocycles. The number of anilines is 2. The van der Waals surface area contributed by atoms with Crippen LogP contribution in [-0.4, -0.2) is 24.4 Å². The van der Waals surface area contributed by atoms with E-state index in [9.17, 15) is 14.4 Å². The molecule has 0 saturated carbocycles. The zero-order valence-corrected chi connectivity index (χ0v) is 14.7. The number of Topliss-reactive ketones (excluding diaryl/α,β-unsaturated/α-hetero) is 1. The molecular formula is C17H17ClN2O5. The van der Waals surface area contributed by atoms with Crippen LogP contribution in [0, 0.1) is 6.92 Å². The predicted octanol–water partition coefficient (Wildman–Crippen LogP) is 4.26. The monoisotopic (exact) mass is 364 g/mol. The Morgan fingerprint density at radius 3 is 2.32 bits per heavy atom. The largest absolute Gasteiger partial charge is 0.462 e. The predicted molar refractivity (Wildman–Crippen MR) is 93.5 cm³/mol. The minimum absolute atomic E-state index is 0.0836. The topological polar surface area (TPSA) is 97.6 Å². The maximum absolute atomic E-state index is 12.2. The Hall–Kier alpha value is -2.80. The number of aryl methyl sites for hydroxylation is 1. The number of hydrogen-bond donors (Lipinski definition) is 2. The van der Waals surface area contributed by atoms with Crippen LogP contribution in [0.4, 0.5) is 16.4 Å². The molecule has 132 valence electrons. The minimum Gasteiger partial charge on any atom is -0.462 e. The van der Waals surface area contributed by atoms with Crippen molar-refractivity contribution in [2.24, 2.45) is 0 Å². The van der Waals surface area contributed by atoms with Crippen molar-refractivity contribution in [1.82, 2.24) is 0 Å². The van der Waals surface area contributed by atoms with E-state index in [0.717, 1.165) is 0 Å². The second-order valence-corrected chi connectivity index (χ2v) is 5.54. The lowest BCUT2D eigenvalue weighted by molar-refractivity contribution is 0.0524. The second-order valence-electron chi connectivity index (χ2n) is 5.10. The summed E-state index contributed by atoms with van der Waals surface area (Å²) in [6.45, 7) is 4.59. The minimum atomic E-state index is -0.744. The number of carbonyl (C=O) groups excluding carboxylic acids is 3. The van der Waals surface area contributed by atoms with E-state index in [0.29, 0.717) is 10.7 Å². The highest BCUT2D eigenvalue weighted by Crippen LogP contribution is 2.28. The van der Waals surface area contributed by atoms with Gasteiger partial charge in [0.15, 0.2) is 5.78 Å². The van der Waals surface area contributed by atoms with E-state index in [2.05, 4.69) is 10.6 Å². The molecule has 2 rings (SSSR count). The number of esters is 1. The maximum Gasteiger partial charge on any atom is 0.344 e. The van der Waals surface area contributed by atoms with E-state index in [-0.39, 0.29) is 35.2 Å². The molecule has 8 heteroatoms. The summed E-state index contributed by atoms with van der Waals surface area (Å²) in [5.41, 5.74) is 0.480. The number of furan rings is 1. The van der Waals surface area contributed by atoms with Crippen molar-refractivity contribution >= 4 is 41.0 Å². The van der Waals surface area contributed by atoms with Gasteiger partial charge >= 0.3 is 12.0 Å². The lowest BCUT2D eigenvalue weighted by Crippen LogP contribution is -2.21. The van der Waals surface area contributed by atoms with Gasteiger partial charge in [-0.3, -0.25) is 10.1 Å². The van der Waals surface area contributed by atoms with Crippen molar-refractivity contribution < 1.29 is 23.5 Å². The normalized spacial score (nSPS) is 10.2.